The van der Waals surface area contributed by atoms with E-state index in [1.54, 1.807) is 22.3 Å². The Kier molecular flexibility index (Phi) is 5.87. The third-order valence-corrected chi connectivity index (χ3v) is 39.4. The number of benzene rings is 2. The van der Waals surface area contributed by atoms with Crippen molar-refractivity contribution in [2.24, 2.45) is 10.8 Å². The van der Waals surface area contributed by atoms with Crippen LogP contribution in [0.25, 0.3) is 12.2 Å². The number of rotatable bonds is 4. The van der Waals surface area contributed by atoms with E-state index < -0.39 is 17.4 Å². The molecule has 2 aromatic rings. The van der Waals surface area contributed by atoms with Gasteiger partial charge in [-0.3, -0.25) is 0 Å². The quantitative estimate of drug-likeness (QED) is 0.354. The van der Waals surface area contributed by atoms with E-state index in [-0.39, 0.29) is 10.8 Å². The van der Waals surface area contributed by atoms with Gasteiger partial charge in [-0.2, -0.15) is 0 Å². The van der Waals surface area contributed by atoms with Crippen LogP contribution >= 0.6 is 0 Å². The molecule has 0 nitrogen and oxygen atoms in total. The van der Waals surface area contributed by atoms with E-state index in [4.69, 9.17) is 0 Å². The molecule has 32 heavy (non-hydrogen) atoms. The van der Waals surface area contributed by atoms with Gasteiger partial charge in [-0.25, -0.2) is 0 Å². The maximum atomic E-state index is 2.58. The number of hydrogen-bond acceptors (Lipinski definition) is 0. The van der Waals surface area contributed by atoms with Crippen LogP contribution in [0.1, 0.15) is 84.9 Å². The monoisotopic (exact) mass is 520 g/mol. The van der Waals surface area contributed by atoms with Gasteiger partial charge in [-0.05, 0) is 0 Å². The van der Waals surface area contributed by atoms with Crippen molar-refractivity contribution >= 4 is 19.0 Å². The molecule has 0 aliphatic heterocycles. The molecule has 0 saturated heterocycles. The molecule has 2 unspecified atom stereocenters. The third kappa shape index (κ3) is 3.47. The number of fused-ring (bicyclic) bond motifs is 2. The molecule has 0 aromatic heterocycles. The minimum absolute atomic E-state index is 0.174. The van der Waals surface area contributed by atoms with Crippen molar-refractivity contribution < 1.29 is 17.4 Å². The molecule has 0 radical (unpaired) electrons. The van der Waals surface area contributed by atoms with Gasteiger partial charge < -0.3 is 0 Å². The summed E-state index contributed by atoms with van der Waals surface area (Å²) in [4.78, 5) is 0. The molecule has 0 heterocycles. The Labute approximate surface area is 199 Å². The first kappa shape index (κ1) is 24.2. The average Bonchev–Trinajstić information content (AvgIpc) is 3.33. The maximum absolute atomic E-state index is 3.58. The van der Waals surface area contributed by atoms with Crippen molar-refractivity contribution in [3.63, 3.8) is 0 Å². The minimum atomic E-state index is -3.58. The van der Waals surface area contributed by atoms with Gasteiger partial charge in [0.15, 0.2) is 0 Å². The van der Waals surface area contributed by atoms with Crippen LogP contribution < -0.4 is 0 Å². The van der Waals surface area contributed by atoms with Crippen LogP contribution in [0.4, 0.5) is 0 Å². The summed E-state index contributed by atoms with van der Waals surface area (Å²) in [6, 6.07) is 18.7. The van der Waals surface area contributed by atoms with Gasteiger partial charge in [0.25, 0.3) is 0 Å². The zero-order valence-corrected chi connectivity index (χ0v) is 25.4. The van der Waals surface area contributed by atoms with Crippen LogP contribution in [0.2, 0.25) is 8.26 Å². The molecular weight excluding hydrogens is 480 g/mol. The standard InChI is InChI=1S/2C13H15.2C2H5.H2Si.Zr/c2*1-13(2,3)12-8-10-6-4-5-7-11(10)9-12;2*1-2;;/h2*4-9H,1-3H3;2*1H2,2H3;1H2;. The topological polar surface area (TPSA) is 0 Å². The van der Waals surface area contributed by atoms with Gasteiger partial charge in [0.1, 0.15) is 0 Å². The fraction of sp³-hybridized carbons (Fsp3) is 0.467. The molecule has 2 atom stereocenters. The van der Waals surface area contributed by atoms with Gasteiger partial charge in [-0.1, -0.05) is 0 Å². The van der Waals surface area contributed by atoms with Crippen molar-refractivity contribution in [2.75, 3.05) is 0 Å². The van der Waals surface area contributed by atoms with Crippen molar-refractivity contribution in [2.45, 2.75) is 70.9 Å². The first-order chi connectivity index (χ1) is 14.9. The molecule has 0 saturated carbocycles. The zero-order chi connectivity index (χ0) is 23.6. The first-order valence-corrected chi connectivity index (χ1v) is 24.8. The summed E-state index contributed by atoms with van der Waals surface area (Å²) in [6.45, 7) is 22.3. The molecule has 0 N–H and O–H groups in total. The molecule has 2 aliphatic carbocycles. The van der Waals surface area contributed by atoms with E-state index in [9.17, 15) is 0 Å². The molecule has 0 amide bonds. The first-order valence-electron chi connectivity index (χ1n) is 12.5. The van der Waals surface area contributed by atoms with Crippen LogP contribution in [0, 0.1) is 10.8 Å². The summed E-state index contributed by atoms with van der Waals surface area (Å²) in [5.74, 6) is 0. The summed E-state index contributed by atoms with van der Waals surface area (Å²) >= 11 is -3.58. The Balaban J connectivity index is 2.09. The van der Waals surface area contributed by atoms with Crippen molar-refractivity contribution in [3.05, 3.63) is 81.9 Å². The van der Waals surface area contributed by atoms with Gasteiger partial charge in [0.2, 0.25) is 0 Å². The van der Waals surface area contributed by atoms with Crippen LogP contribution in [0.5, 0.6) is 0 Å². The van der Waals surface area contributed by atoms with E-state index in [1.807, 2.05) is 0 Å². The Bertz CT molecular complexity index is 1090. The second kappa shape index (κ2) is 7.78. The second-order valence-electron chi connectivity index (χ2n) is 12.7. The average molecular weight is 522 g/mol. The van der Waals surface area contributed by atoms with E-state index in [0.717, 1.165) is 0 Å². The van der Waals surface area contributed by atoms with Crippen LogP contribution in [0.15, 0.2) is 59.7 Å². The van der Waals surface area contributed by atoms with Crippen molar-refractivity contribution in [1.82, 2.24) is 0 Å². The molecule has 2 aliphatic rings. The van der Waals surface area contributed by atoms with E-state index in [0.29, 0.717) is 7.25 Å². The zero-order valence-electron chi connectivity index (χ0n) is 21.5. The van der Waals surface area contributed by atoms with Crippen LogP contribution in [-0.4, -0.2) is 6.88 Å². The Morgan fingerprint density at radius 3 is 1.31 bits per heavy atom. The van der Waals surface area contributed by atoms with Gasteiger partial charge in [0.05, 0.1) is 0 Å². The Morgan fingerprint density at radius 1 is 0.656 bits per heavy atom. The SMILES string of the molecule is C[CH2][Zr](=[SiH2])([CH2]C)([CH]1C(C(C)(C)C)=Cc2ccccc21)[CH]1C(C(C)(C)C)=Cc2ccccc21. The normalized spacial score (nSPS) is 21.2. The summed E-state index contributed by atoms with van der Waals surface area (Å²) < 4.78 is 3.94. The molecule has 2 aromatic carbocycles. The van der Waals surface area contributed by atoms with E-state index in [1.165, 1.54) is 19.4 Å². The predicted molar refractivity (Wildman–Crippen MR) is 143 cm³/mol. The van der Waals surface area contributed by atoms with Gasteiger partial charge in [-0.15, -0.1) is 0 Å². The number of hydrogen-bond donors (Lipinski definition) is 0. The van der Waals surface area contributed by atoms with Crippen LogP contribution in [-0.2, 0) is 17.4 Å². The summed E-state index contributed by atoms with van der Waals surface area (Å²) in [7, 11) is 0. The third-order valence-electron chi connectivity index (χ3n) is 8.96. The molecule has 0 bridgehead atoms. The molecule has 0 spiro atoms. The molecule has 0 fully saturated rings. The van der Waals surface area contributed by atoms with Crippen molar-refractivity contribution in [1.29, 1.82) is 0 Å². The fourth-order valence-electron chi connectivity index (χ4n) is 6.86. The van der Waals surface area contributed by atoms with Gasteiger partial charge >= 0.3 is 200 Å². The van der Waals surface area contributed by atoms with E-state index in [2.05, 4.69) is 123 Å². The van der Waals surface area contributed by atoms with Gasteiger partial charge in [0, 0.05) is 0 Å². The summed E-state index contributed by atoms with van der Waals surface area (Å²) in [5.41, 5.74) is 9.94. The molecule has 170 valence electrons. The summed E-state index contributed by atoms with van der Waals surface area (Å²) in [5, 5.41) is 0. The molecular formula is C30H42SiZr. The van der Waals surface area contributed by atoms with E-state index >= 15 is 0 Å². The molecule has 2 heteroatoms. The van der Waals surface area contributed by atoms with Crippen molar-refractivity contribution in [3.8, 4) is 0 Å². The fourth-order valence-corrected chi connectivity index (χ4v) is 30.2. The second-order valence-corrected chi connectivity index (χ2v) is 40.3. The Hall–Kier alpha value is -0.980. The van der Waals surface area contributed by atoms with Crippen LogP contribution in [0.3, 0.4) is 0 Å². The Morgan fingerprint density at radius 2 is 1.00 bits per heavy atom. The molecule has 4 rings (SSSR count). The number of allylic oxidation sites excluding steroid dienone is 2. The predicted octanol–water partition coefficient (Wildman–Crippen LogP) is 8.47. The summed E-state index contributed by atoms with van der Waals surface area (Å²) in [6.07, 6.45) is 5.15.